The summed E-state index contributed by atoms with van der Waals surface area (Å²) in [6.07, 6.45) is 3.03. The van der Waals surface area contributed by atoms with Crippen LogP contribution in [0.4, 0.5) is 5.82 Å². The van der Waals surface area contributed by atoms with Crippen LogP contribution < -0.4 is 5.32 Å². The minimum Gasteiger partial charge on any atom is -0.370 e. The number of nitrogens with zero attached hydrogens (tertiary/aromatic N) is 2. The molecule has 112 valence electrons. The van der Waals surface area contributed by atoms with E-state index in [9.17, 15) is 0 Å². The van der Waals surface area contributed by atoms with E-state index in [0.29, 0.717) is 0 Å². The van der Waals surface area contributed by atoms with Gasteiger partial charge in [0.15, 0.2) is 0 Å². The number of anilines is 1. The maximum atomic E-state index is 4.78. The predicted octanol–water partition coefficient (Wildman–Crippen LogP) is 4.99. The largest absolute Gasteiger partial charge is 0.370 e. The van der Waals surface area contributed by atoms with E-state index in [2.05, 4.69) is 59.1 Å². The number of halogens is 1. The van der Waals surface area contributed by atoms with Gasteiger partial charge in [-0.1, -0.05) is 48.0 Å². The van der Waals surface area contributed by atoms with Gasteiger partial charge in [-0.3, -0.25) is 0 Å². The molecule has 0 saturated carbocycles. The SMILES string of the molecule is CCCNc1nc(CCC)nc(-c2ccccc2Br)c1C. The van der Waals surface area contributed by atoms with Gasteiger partial charge in [0.25, 0.3) is 0 Å². The first-order valence-electron chi connectivity index (χ1n) is 7.53. The van der Waals surface area contributed by atoms with Gasteiger partial charge in [0, 0.05) is 28.6 Å². The third-order valence-corrected chi connectivity index (χ3v) is 4.03. The zero-order valence-corrected chi connectivity index (χ0v) is 14.5. The van der Waals surface area contributed by atoms with Crippen LogP contribution in [-0.4, -0.2) is 16.5 Å². The molecule has 3 nitrogen and oxygen atoms in total. The van der Waals surface area contributed by atoms with Crippen LogP contribution in [0.1, 0.15) is 38.1 Å². The third kappa shape index (κ3) is 3.82. The van der Waals surface area contributed by atoms with Crippen LogP contribution in [0.25, 0.3) is 11.3 Å². The van der Waals surface area contributed by atoms with Crippen LogP contribution in [0.2, 0.25) is 0 Å². The average molecular weight is 348 g/mol. The van der Waals surface area contributed by atoms with Gasteiger partial charge < -0.3 is 5.32 Å². The molecule has 0 aliphatic carbocycles. The molecule has 1 N–H and O–H groups in total. The maximum Gasteiger partial charge on any atom is 0.133 e. The summed E-state index contributed by atoms with van der Waals surface area (Å²) in [5, 5.41) is 3.42. The monoisotopic (exact) mass is 347 g/mol. The Bertz CT molecular complexity index is 611. The van der Waals surface area contributed by atoms with Crippen molar-refractivity contribution in [2.75, 3.05) is 11.9 Å². The number of nitrogens with one attached hydrogen (secondary N) is 1. The molecule has 0 aliphatic heterocycles. The lowest BCUT2D eigenvalue weighted by Crippen LogP contribution is -2.09. The standard InChI is InChI=1S/C17H22BrN3/c1-4-8-15-20-16(13-9-6-7-10-14(13)18)12(3)17(21-15)19-11-5-2/h6-7,9-10H,4-5,8,11H2,1-3H3,(H,19,20,21). The second-order valence-corrected chi connectivity index (χ2v) is 5.97. The Morgan fingerprint density at radius 2 is 1.86 bits per heavy atom. The molecule has 0 saturated heterocycles. The second kappa shape index (κ2) is 7.55. The minimum absolute atomic E-state index is 0.901. The number of hydrogen-bond donors (Lipinski definition) is 1. The van der Waals surface area contributed by atoms with E-state index < -0.39 is 0 Å². The fraction of sp³-hybridized carbons (Fsp3) is 0.412. The molecule has 0 unspecified atom stereocenters. The summed E-state index contributed by atoms with van der Waals surface area (Å²) < 4.78 is 1.07. The summed E-state index contributed by atoms with van der Waals surface area (Å²) in [6.45, 7) is 7.33. The smallest absolute Gasteiger partial charge is 0.133 e. The summed E-state index contributed by atoms with van der Waals surface area (Å²) >= 11 is 3.63. The highest BCUT2D eigenvalue weighted by Gasteiger charge is 2.14. The van der Waals surface area contributed by atoms with Gasteiger partial charge in [-0.15, -0.1) is 0 Å². The Kier molecular flexibility index (Phi) is 5.74. The quantitative estimate of drug-likeness (QED) is 0.799. The van der Waals surface area contributed by atoms with E-state index in [1.807, 2.05) is 12.1 Å². The molecule has 1 heterocycles. The van der Waals surface area contributed by atoms with Crippen LogP contribution in [0.3, 0.4) is 0 Å². The number of hydrogen-bond acceptors (Lipinski definition) is 3. The molecule has 0 spiro atoms. The molecular formula is C17H22BrN3. The van der Waals surface area contributed by atoms with Gasteiger partial charge in [0.1, 0.15) is 11.6 Å². The Hall–Kier alpha value is -1.42. The molecule has 2 rings (SSSR count). The molecule has 0 amide bonds. The van der Waals surface area contributed by atoms with Gasteiger partial charge in [-0.05, 0) is 25.8 Å². The molecule has 0 atom stereocenters. The average Bonchev–Trinajstić information content (AvgIpc) is 2.48. The highest BCUT2D eigenvalue weighted by Crippen LogP contribution is 2.31. The van der Waals surface area contributed by atoms with E-state index in [1.54, 1.807) is 0 Å². The number of aromatic nitrogens is 2. The van der Waals surface area contributed by atoms with E-state index in [1.165, 1.54) is 0 Å². The Labute approximate surface area is 135 Å². The second-order valence-electron chi connectivity index (χ2n) is 5.12. The summed E-state index contributed by atoms with van der Waals surface area (Å²) in [5.74, 6) is 1.87. The van der Waals surface area contributed by atoms with E-state index in [-0.39, 0.29) is 0 Å². The zero-order chi connectivity index (χ0) is 15.2. The molecule has 4 heteroatoms. The van der Waals surface area contributed by atoms with Crippen molar-refractivity contribution >= 4 is 21.7 Å². The van der Waals surface area contributed by atoms with Crippen molar-refractivity contribution < 1.29 is 0 Å². The molecule has 2 aromatic rings. The topological polar surface area (TPSA) is 37.8 Å². The number of aryl methyl sites for hydroxylation is 1. The van der Waals surface area contributed by atoms with Crippen LogP contribution in [0.15, 0.2) is 28.7 Å². The van der Waals surface area contributed by atoms with Crippen LogP contribution in [0.5, 0.6) is 0 Å². The van der Waals surface area contributed by atoms with E-state index in [4.69, 9.17) is 4.98 Å². The maximum absolute atomic E-state index is 4.78. The summed E-state index contributed by atoms with van der Waals surface area (Å²) in [4.78, 5) is 9.46. The van der Waals surface area contributed by atoms with Gasteiger partial charge in [-0.25, -0.2) is 9.97 Å². The lowest BCUT2D eigenvalue weighted by molar-refractivity contribution is 0.830. The predicted molar refractivity (Wildman–Crippen MR) is 92.7 cm³/mol. The van der Waals surface area contributed by atoms with Crippen molar-refractivity contribution in [3.05, 3.63) is 40.1 Å². The Morgan fingerprint density at radius 3 is 2.52 bits per heavy atom. The molecular weight excluding hydrogens is 326 g/mol. The lowest BCUT2D eigenvalue weighted by atomic mass is 10.1. The number of benzene rings is 1. The molecule has 21 heavy (non-hydrogen) atoms. The molecule has 0 fully saturated rings. The Balaban J connectivity index is 2.53. The highest BCUT2D eigenvalue weighted by atomic mass is 79.9. The normalized spacial score (nSPS) is 10.7. The zero-order valence-electron chi connectivity index (χ0n) is 12.9. The molecule has 0 radical (unpaired) electrons. The minimum atomic E-state index is 0.901. The molecule has 1 aromatic carbocycles. The van der Waals surface area contributed by atoms with E-state index >= 15 is 0 Å². The van der Waals surface area contributed by atoms with Crippen molar-refractivity contribution in [2.45, 2.75) is 40.0 Å². The van der Waals surface area contributed by atoms with Crippen molar-refractivity contribution in [2.24, 2.45) is 0 Å². The fourth-order valence-electron chi connectivity index (χ4n) is 2.23. The van der Waals surface area contributed by atoms with Crippen molar-refractivity contribution in [3.63, 3.8) is 0 Å². The molecule has 0 bridgehead atoms. The summed E-state index contributed by atoms with van der Waals surface area (Å²) in [7, 11) is 0. The van der Waals surface area contributed by atoms with Gasteiger partial charge in [-0.2, -0.15) is 0 Å². The van der Waals surface area contributed by atoms with Crippen LogP contribution >= 0.6 is 15.9 Å². The van der Waals surface area contributed by atoms with E-state index in [0.717, 1.165) is 58.7 Å². The first-order valence-corrected chi connectivity index (χ1v) is 8.33. The van der Waals surface area contributed by atoms with Crippen LogP contribution in [0, 0.1) is 6.92 Å². The van der Waals surface area contributed by atoms with Gasteiger partial charge in [0.2, 0.25) is 0 Å². The highest BCUT2D eigenvalue weighted by molar-refractivity contribution is 9.10. The van der Waals surface area contributed by atoms with Gasteiger partial charge >= 0.3 is 0 Å². The fourth-order valence-corrected chi connectivity index (χ4v) is 2.70. The van der Waals surface area contributed by atoms with Crippen molar-refractivity contribution in [1.29, 1.82) is 0 Å². The lowest BCUT2D eigenvalue weighted by Gasteiger charge is -2.14. The molecule has 0 aliphatic rings. The van der Waals surface area contributed by atoms with Crippen LogP contribution in [-0.2, 0) is 6.42 Å². The van der Waals surface area contributed by atoms with Crippen molar-refractivity contribution in [3.8, 4) is 11.3 Å². The Morgan fingerprint density at radius 1 is 1.10 bits per heavy atom. The summed E-state index contributed by atoms with van der Waals surface area (Å²) in [6, 6.07) is 8.21. The number of rotatable bonds is 6. The van der Waals surface area contributed by atoms with Crippen molar-refractivity contribution in [1.82, 2.24) is 9.97 Å². The first-order chi connectivity index (χ1) is 10.2. The molecule has 1 aromatic heterocycles. The van der Waals surface area contributed by atoms with Gasteiger partial charge in [0.05, 0.1) is 5.69 Å². The first kappa shape index (κ1) is 16.0. The summed E-state index contributed by atoms with van der Waals surface area (Å²) in [5.41, 5.74) is 3.24. The third-order valence-electron chi connectivity index (χ3n) is 3.34.